The van der Waals surface area contributed by atoms with Crippen molar-refractivity contribution in [2.45, 2.75) is 141 Å². The first-order valence-corrected chi connectivity index (χ1v) is 51.0. The van der Waals surface area contributed by atoms with Crippen LogP contribution in [-0.2, 0) is 69.0 Å². The van der Waals surface area contributed by atoms with E-state index in [2.05, 4.69) is 213 Å². The van der Waals surface area contributed by atoms with Gasteiger partial charge in [-0.1, -0.05) is 117 Å². The molecule has 137 heavy (non-hydrogen) atoms. The van der Waals surface area contributed by atoms with E-state index in [-0.39, 0.29) is 111 Å². The number of aryl methyl sites for hydroxylation is 3. The van der Waals surface area contributed by atoms with E-state index >= 15 is 0 Å². The Hall–Kier alpha value is -10.3. The molecule has 6 fully saturated rings. The van der Waals surface area contributed by atoms with Crippen LogP contribution in [0.25, 0.3) is 46.9 Å². The summed E-state index contributed by atoms with van der Waals surface area (Å²) < 4.78 is 126. The summed E-state index contributed by atoms with van der Waals surface area (Å²) in [6.07, 6.45) is 8.25. The summed E-state index contributed by atoms with van der Waals surface area (Å²) in [6, 6.07) is 38.1. The smallest absolute Gasteiger partial charge is 0.318 e. The van der Waals surface area contributed by atoms with E-state index in [4.69, 9.17) is 63.8 Å². The third-order valence-electron chi connectivity index (χ3n) is 27.8. The van der Waals surface area contributed by atoms with Crippen molar-refractivity contribution < 1.29 is 48.2 Å². The first kappa shape index (κ1) is 104. The highest BCUT2D eigenvalue weighted by molar-refractivity contribution is 7.92. The van der Waals surface area contributed by atoms with Crippen LogP contribution in [-0.4, -0.2) is 284 Å². The van der Waals surface area contributed by atoms with Crippen LogP contribution in [0.2, 0.25) is 0 Å². The van der Waals surface area contributed by atoms with Gasteiger partial charge in [-0.3, -0.25) is 4.90 Å². The summed E-state index contributed by atoms with van der Waals surface area (Å²) in [6.45, 7) is 51.0. The van der Waals surface area contributed by atoms with E-state index in [1.165, 1.54) is 105 Å². The van der Waals surface area contributed by atoms with E-state index in [1.807, 2.05) is 16.8 Å². The number of fused-ring (bicyclic) bond motifs is 6. The lowest BCUT2D eigenvalue weighted by Gasteiger charge is -2.41. The second kappa shape index (κ2) is 45.3. The Morgan fingerprint density at radius 1 is 0.431 bits per heavy atom. The molecule has 0 radical (unpaired) electrons. The van der Waals surface area contributed by atoms with Gasteiger partial charge in [-0.05, 0) is 144 Å². The van der Waals surface area contributed by atoms with Gasteiger partial charge < -0.3 is 67.9 Å². The molecule has 18 rings (SSSR count). The average molecular weight is 1990 g/mol. The lowest BCUT2D eigenvalue weighted by Crippen LogP contribution is -2.56. The molecule has 6 aromatic carbocycles. The third kappa shape index (κ3) is 23.8. The number of rotatable bonds is 31. The zero-order valence-electron chi connectivity index (χ0n) is 79.0. The molecule has 732 valence electrons. The zero-order chi connectivity index (χ0) is 94.3. The summed E-state index contributed by atoms with van der Waals surface area (Å²) in [5.74, 6) is 0.478. The molecule has 3 saturated heterocycles. The number of piperazine rings is 3. The van der Waals surface area contributed by atoms with Crippen LogP contribution >= 0.6 is 40.5 Å². The largest absolute Gasteiger partial charge is 0.462 e. The zero-order valence-corrected chi connectivity index (χ0v) is 84.5. The number of halogens is 2. The molecule has 3 aromatic heterocycles. The Morgan fingerprint density at radius 3 is 1.04 bits per heavy atom. The quantitative estimate of drug-likeness (QED) is 0.0366. The summed E-state index contributed by atoms with van der Waals surface area (Å²) in [5, 5.41) is 10.2. The number of benzene rings is 6. The van der Waals surface area contributed by atoms with Gasteiger partial charge in [0.25, 0.3) is 5.92 Å². The van der Waals surface area contributed by atoms with E-state index in [0.717, 1.165) is 125 Å². The first-order chi connectivity index (χ1) is 64.5. The number of anilines is 6. The molecule has 3 saturated carbocycles. The van der Waals surface area contributed by atoms with Gasteiger partial charge in [0.2, 0.25) is 49.7 Å². The number of aromatic nitrogens is 6. The van der Waals surface area contributed by atoms with Crippen LogP contribution in [0.4, 0.5) is 43.3 Å². The molecule has 0 amide bonds. The number of ether oxygens (including phenoxy) is 3. The Kier molecular flexibility index (Phi) is 34.5. The highest BCUT2D eigenvalue weighted by Crippen LogP contribution is 2.44. The van der Waals surface area contributed by atoms with Gasteiger partial charge >= 0.3 is 18.0 Å². The van der Waals surface area contributed by atoms with Gasteiger partial charge in [0.15, 0.2) is 0 Å². The van der Waals surface area contributed by atoms with Gasteiger partial charge in [-0.25, -0.2) is 53.8 Å². The number of nitrogens with zero attached hydrogens (tertiary/aromatic N) is 21. The number of likely N-dealkylation sites (N-methyl/N-ethyl adjacent to an activating group) is 3. The van der Waals surface area contributed by atoms with Crippen molar-refractivity contribution in [1.29, 1.82) is 0 Å². The topological polar surface area (TPSA) is 259 Å². The molecule has 0 N–H and O–H groups in total. The maximum atomic E-state index is 13.4. The molecule has 9 aromatic rings. The summed E-state index contributed by atoms with van der Waals surface area (Å²) in [7, 11) is -4.91. The van der Waals surface area contributed by atoms with Crippen LogP contribution in [0.3, 0.4) is 0 Å². The fourth-order valence-electron chi connectivity index (χ4n) is 20.0. The predicted molar refractivity (Wildman–Crippen MR) is 555 cm³/mol. The van der Waals surface area contributed by atoms with Gasteiger partial charge in [0, 0.05) is 196 Å². The van der Waals surface area contributed by atoms with Crippen molar-refractivity contribution >= 4 is 137 Å². The second-order valence-corrected chi connectivity index (χ2v) is 42.1. The van der Waals surface area contributed by atoms with Crippen LogP contribution in [0.15, 0.2) is 145 Å². The number of alkyl halides is 2. The van der Waals surface area contributed by atoms with E-state index < -0.39 is 54.1 Å². The molecule has 3 atom stereocenters. The second-order valence-electron chi connectivity index (χ2n) is 36.6. The molecule has 38 heteroatoms. The highest BCUT2D eigenvalue weighted by atomic mass is 32.2. The van der Waals surface area contributed by atoms with Gasteiger partial charge in [-0.2, -0.15) is 83.3 Å². The molecule has 30 nitrogen and oxygen atoms in total. The lowest BCUT2D eigenvalue weighted by molar-refractivity contribution is -0.120. The fourth-order valence-corrected chi connectivity index (χ4v) is 23.3. The molecule has 9 heterocycles. The van der Waals surface area contributed by atoms with Crippen molar-refractivity contribution in [3.63, 3.8) is 0 Å². The van der Waals surface area contributed by atoms with Crippen LogP contribution in [0.5, 0.6) is 18.0 Å². The van der Waals surface area contributed by atoms with Crippen molar-refractivity contribution in [3.8, 4) is 18.0 Å². The molecule has 9 aliphatic rings. The number of hydrogen-bond donors (Lipinski definition) is 0. The first-order valence-electron chi connectivity index (χ1n) is 46.5. The Morgan fingerprint density at radius 2 is 0.745 bits per heavy atom. The number of sulfonamides is 3. The van der Waals surface area contributed by atoms with E-state index in [9.17, 15) is 34.0 Å². The SMILES string of the molecule is S.S.S.[C-]#[N+]C[C@H]1CN(c2nc(OCCN(C)C3CC(F)(F)C3)nc3c2CCN(c2cccc4cccc(C)c24)C3)CCN1S(=O)(=O)C=C.[C-]#[N+]C[C@H]1CN(c2nc(OCCN(C)C3CCC3)nc3c2CCN(c2cccc4cccc(C)c24)C3)CCN1S(=O)(=O)C=C.[C-]#[N+]C[C@H]1CN(c2nc(OCCN(C)CC3CC3)nc3c2CCN(c2cccc4cccc(C)c24)C3)CCN1S(=O)(=O)C=C. The summed E-state index contributed by atoms with van der Waals surface area (Å²) >= 11 is 0. The molecular formula is C99H127F2N21O9S6. The Labute approximate surface area is 826 Å². The van der Waals surface area contributed by atoms with Crippen molar-refractivity contribution in [1.82, 2.24) is 57.5 Å². The van der Waals surface area contributed by atoms with Crippen molar-refractivity contribution in [3.05, 3.63) is 230 Å². The number of hydrogen-bond acceptors (Lipinski definition) is 24. The van der Waals surface area contributed by atoms with E-state index in [0.29, 0.717) is 109 Å². The van der Waals surface area contributed by atoms with E-state index in [1.54, 1.807) is 0 Å². The molecule has 6 aliphatic heterocycles. The molecule has 3 aliphatic carbocycles. The van der Waals surface area contributed by atoms with Crippen molar-refractivity contribution in [2.24, 2.45) is 5.92 Å². The standard InChI is InChI=1S/C33H39F2N7O3S.2C33H41N7O3S.3H2S/c1-5-46(43,44)42-15-14-41(21-26(42)20-36-3)31-27-12-13-40(29-11-7-10-24-9-6-8-23(2)30(24)29)22-28(27)37-32(38-31)45-17-16-39(4)25-18-33(34,35)19-25;1-5-44(41,42)40-18-17-39(22-27(40)21-34-3)32-28-15-16-38(30-14-7-11-25-10-6-9-24(2)31(25)30)23-29(28)35-33(36-32)43-20-19-37(4)26-12-8-13-26;1-5-44(41,42)40-17-16-39(22-27(40)20-34-3)32-28-14-15-38(30-11-7-10-26-9-6-8-24(2)31(26)30)23-29(28)35-33(36-32)43-19-18-37(4)21-25-12-13-25;;;/h5-11,25-26H,1,12-22H2,2,4H3;5-7,9-11,14,26-27H,1,8,12-13,15-23H2,2,4H3;5-11,25,27H,1,12-23H2,2,4H3;3*1H2/t26-;2*27-;;;/m000.../s1. The van der Waals surface area contributed by atoms with Crippen LogP contribution in [0.1, 0.15) is 95.4 Å². The third-order valence-corrected chi connectivity index (χ3v) is 32.4. The normalized spacial score (nSPS) is 19.2. The predicted octanol–water partition coefficient (Wildman–Crippen LogP) is 13.2. The van der Waals surface area contributed by atoms with Crippen molar-refractivity contribution in [2.75, 3.05) is 195 Å². The Balaban J connectivity index is 0.000000172. The monoisotopic (exact) mass is 1980 g/mol. The van der Waals surface area contributed by atoms with Crippen LogP contribution < -0.4 is 43.6 Å². The molecule has 0 unspecified atom stereocenters. The maximum Gasteiger partial charge on any atom is 0.318 e. The van der Waals surface area contributed by atoms with Gasteiger partial charge in [0.1, 0.15) is 55.4 Å². The maximum absolute atomic E-state index is 13.4. The minimum absolute atomic E-state index is 0. The molecule has 0 spiro atoms. The fraction of sp³-hybridized carbons (Fsp3) is 0.485. The molecule has 0 bridgehead atoms. The Bertz CT molecular complexity index is 6340. The summed E-state index contributed by atoms with van der Waals surface area (Å²) in [4.78, 5) is 60.0. The van der Waals surface area contributed by atoms with Crippen LogP contribution in [0, 0.1) is 46.4 Å². The highest BCUT2D eigenvalue weighted by Gasteiger charge is 2.48. The molecular weight excluding hydrogens is 1860 g/mol. The lowest BCUT2D eigenvalue weighted by atomic mass is 9.87. The minimum Gasteiger partial charge on any atom is -0.462 e. The van der Waals surface area contributed by atoms with Gasteiger partial charge in [-0.15, -0.1) is 0 Å². The summed E-state index contributed by atoms with van der Waals surface area (Å²) in [5.41, 5.74) is 13.0. The average Bonchev–Trinajstić information content (AvgIpc) is 0.994. The minimum atomic E-state index is -3.70. The van der Waals surface area contributed by atoms with Gasteiger partial charge in [0.05, 0.1) is 36.7 Å².